The normalized spacial score (nSPS) is 26.1. The number of likely N-dealkylation sites (N-methyl/N-ethyl adjacent to an activating group) is 1. The van der Waals surface area contributed by atoms with Gasteiger partial charge in [0, 0.05) is 31.2 Å². The van der Waals surface area contributed by atoms with Gasteiger partial charge >= 0.3 is 0 Å². The molecule has 2 nitrogen and oxygen atoms in total. The zero-order valence-electron chi connectivity index (χ0n) is 13.6. The third-order valence-corrected chi connectivity index (χ3v) is 4.29. The van der Waals surface area contributed by atoms with E-state index >= 15 is 0 Å². The van der Waals surface area contributed by atoms with Crippen molar-refractivity contribution in [3.8, 4) is 0 Å². The van der Waals surface area contributed by atoms with Crippen LogP contribution < -0.4 is 0 Å². The molecule has 1 aliphatic heterocycles. The number of allylic oxidation sites excluding steroid dienone is 3. The van der Waals surface area contributed by atoms with Crippen LogP contribution in [0.15, 0.2) is 35.7 Å². The van der Waals surface area contributed by atoms with Crippen LogP contribution in [0, 0.1) is 5.92 Å². The average Bonchev–Trinajstić information content (AvgIpc) is 2.76. The van der Waals surface area contributed by atoms with E-state index in [1.807, 2.05) is 6.92 Å². The Kier molecular flexibility index (Phi) is 6.63. The van der Waals surface area contributed by atoms with Crippen LogP contribution in [-0.4, -0.2) is 49.6 Å². The van der Waals surface area contributed by atoms with Crippen molar-refractivity contribution < 1.29 is 4.39 Å². The number of halogens is 1. The van der Waals surface area contributed by atoms with Crippen molar-refractivity contribution >= 4 is 0 Å². The molecule has 0 spiro atoms. The molecular weight excluding hydrogens is 251 g/mol. The summed E-state index contributed by atoms with van der Waals surface area (Å²) in [5.41, 5.74) is 1.96. The minimum absolute atomic E-state index is 0.139. The first-order valence-electron chi connectivity index (χ1n) is 7.46. The van der Waals surface area contributed by atoms with Crippen LogP contribution in [0.3, 0.4) is 0 Å². The zero-order chi connectivity index (χ0) is 15.3. The molecule has 1 fully saturated rings. The van der Waals surface area contributed by atoms with Crippen LogP contribution in [-0.2, 0) is 0 Å². The number of rotatable bonds is 6. The van der Waals surface area contributed by atoms with Gasteiger partial charge in [-0.25, -0.2) is 4.39 Å². The van der Waals surface area contributed by atoms with Crippen molar-refractivity contribution in [2.24, 2.45) is 5.92 Å². The minimum Gasteiger partial charge on any atom is -0.305 e. The molecule has 114 valence electrons. The standard InChI is InChI=1S/C17H29FN2/c1-7-9-16(18)15(13(3)8-2)11-20-10-14(4)17(12-20)19(5)6/h7,9,14,17H,1,8,10-12H2,2-6H3/b15-13+,16-9+/t14-,17-/m0/s1. The van der Waals surface area contributed by atoms with Crippen molar-refractivity contribution in [3.63, 3.8) is 0 Å². The Hall–Kier alpha value is -0.930. The van der Waals surface area contributed by atoms with Gasteiger partial charge in [0.2, 0.25) is 0 Å². The maximum atomic E-state index is 14.2. The van der Waals surface area contributed by atoms with Gasteiger partial charge in [-0.05, 0) is 39.4 Å². The Morgan fingerprint density at radius 1 is 1.40 bits per heavy atom. The molecule has 1 saturated heterocycles. The summed E-state index contributed by atoms with van der Waals surface area (Å²) in [4.78, 5) is 4.64. The van der Waals surface area contributed by atoms with Crippen LogP contribution >= 0.6 is 0 Å². The summed E-state index contributed by atoms with van der Waals surface area (Å²) in [5.74, 6) is 0.486. The highest BCUT2D eigenvalue weighted by molar-refractivity contribution is 5.33. The van der Waals surface area contributed by atoms with E-state index < -0.39 is 0 Å². The first-order chi connectivity index (χ1) is 9.40. The second-order valence-electron chi connectivity index (χ2n) is 6.07. The first-order valence-corrected chi connectivity index (χ1v) is 7.46. The van der Waals surface area contributed by atoms with Crippen molar-refractivity contribution in [1.29, 1.82) is 0 Å². The lowest BCUT2D eigenvalue weighted by atomic mass is 10.1. The highest BCUT2D eigenvalue weighted by Crippen LogP contribution is 2.25. The van der Waals surface area contributed by atoms with Crippen molar-refractivity contribution in [1.82, 2.24) is 9.80 Å². The van der Waals surface area contributed by atoms with E-state index in [1.54, 1.807) is 0 Å². The molecule has 0 unspecified atom stereocenters. The lowest BCUT2D eigenvalue weighted by Crippen LogP contribution is -2.34. The van der Waals surface area contributed by atoms with Crippen molar-refractivity contribution in [2.75, 3.05) is 33.7 Å². The molecule has 0 radical (unpaired) electrons. The van der Waals surface area contributed by atoms with Crippen molar-refractivity contribution in [3.05, 3.63) is 35.7 Å². The van der Waals surface area contributed by atoms with Gasteiger partial charge in [0.05, 0.1) is 0 Å². The highest BCUT2D eigenvalue weighted by atomic mass is 19.1. The fourth-order valence-electron chi connectivity index (χ4n) is 2.90. The quantitative estimate of drug-likeness (QED) is 0.685. The van der Waals surface area contributed by atoms with Gasteiger partial charge in [-0.15, -0.1) is 0 Å². The summed E-state index contributed by atoms with van der Waals surface area (Å²) in [5, 5.41) is 0. The van der Waals surface area contributed by atoms with E-state index in [0.717, 1.165) is 30.7 Å². The van der Waals surface area contributed by atoms with Crippen LogP contribution in [0.1, 0.15) is 27.2 Å². The summed E-state index contributed by atoms with van der Waals surface area (Å²) in [6, 6.07) is 0.560. The monoisotopic (exact) mass is 280 g/mol. The highest BCUT2D eigenvalue weighted by Gasteiger charge is 2.31. The number of likely N-dealkylation sites (tertiary alicyclic amines) is 1. The van der Waals surface area contributed by atoms with Gasteiger partial charge in [-0.1, -0.05) is 32.1 Å². The summed E-state index contributed by atoms with van der Waals surface area (Å²) in [6.45, 7) is 12.7. The largest absolute Gasteiger partial charge is 0.305 e. The number of hydrogen-bond acceptors (Lipinski definition) is 2. The second-order valence-corrected chi connectivity index (χ2v) is 6.07. The molecule has 1 rings (SSSR count). The maximum Gasteiger partial charge on any atom is 0.127 e. The molecule has 0 aliphatic carbocycles. The van der Waals surface area contributed by atoms with Crippen LogP contribution in [0.5, 0.6) is 0 Å². The SMILES string of the molecule is C=C/C=C(F)\C(CN1C[C@H](C)[C@@H](N(C)C)C1)=C(/C)CC. The molecule has 0 aromatic heterocycles. The molecule has 1 aliphatic rings. The zero-order valence-corrected chi connectivity index (χ0v) is 13.6. The molecule has 0 aromatic carbocycles. The van der Waals surface area contributed by atoms with E-state index in [1.165, 1.54) is 12.2 Å². The maximum absolute atomic E-state index is 14.2. The van der Waals surface area contributed by atoms with E-state index in [2.05, 4.69) is 44.3 Å². The van der Waals surface area contributed by atoms with Gasteiger partial charge in [-0.2, -0.15) is 0 Å². The first kappa shape index (κ1) is 17.1. The van der Waals surface area contributed by atoms with E-state index in [9.17, 15) is 4.39 Å². The number of hydrogen-bond donors (Lipinski definition) is 0. The van der Waals surface area contributed by atoms with E-state index in [0.29, 0.717) is 18.5 Å². The predicted octanol–water partition coefficient (Wildman–Crippen LogP) is 3.63. The molecular formula is C17H29FN2. The third kappa shape index (κ3) is 4.29. The lowest BCUT2D eigenvalue weighted by molar-refractivity contribution is 0.255. The number of nitrogens with zero attached hydrogens (tertiary/aromatic N) is 2. The van der Waals surface area contributed by atoms with Gasteiger partial charge < -0.3 is 4.90 Å². The summed E-state index contributed by atoms with van der Waals surface area (Å²) in [6.07, 6.45) is 3.87. The molecule has 20 heavy (non-hydrogen) atoms. The van der Waals surface area contributed by atoms with Gasteiger partial charge in [0.25, 0.3) is 0 Å². The molecule has 0 amide bonds. The fourth-order valence-corrected chi connectivity index (χ4v) is 2.90. The fraction of sp³-hybridized carbons (Fsp3) is 0.647. The molecule has 0 saturated carbocycles. The molecule has 3 heteroatoms. The topological polar surface area (TPSA) is 6.48 Å². The predicted molar refractivity (Wildman–Crippen MR) is 85.5 cm³/mol. The van der Waals surface area contributed by atoms with Crippen molar-refractivity contribution in [2.45, 2.75) is 33.2 Å². The Morgan fingerprint density at radius 3 is 2.50 bits per heavy atom. The average molecular weight is 280 g/mol. The van der Waals surface area contributed by atoms with E-state index in [-0.39, 0.29) is 5.83 Å². The summed E-state index contributed by atoms with van der Waals surface area (Å²) < 4.78 is 14.2. The molecule has 2 atom stereocenters. The lowest BCUT2D eigenvalue weighted by Gasteiger charge is -2.23. The third-order valence-electron chi connectivity index (χ3n) is 4.29. The van der Waals surface area contributed by atoms with Crippen LogP contribution in [0.25, 0.3) is 0 Å². The second kappa shape index (κ2) is 7.75. The molecule has 0 N–H and O–H groups in total. The Balaban J connectivity index is 2.83. The molecule has 0 bridgehead atoms. The molecule has 0 aromatic rings. The summed E-state index contributed by atoms with van der Waals surface area (Å²) >= 11 is 0. The van der Waals surface area contributed by atoms with E-state index in [4.69, 9.17) is 0 Å². The minimum atomic E-state index is -0.139. The Bertz CT molecular complexity index is 396. The van der Waals surface area contributed by atoms with Gasteiger partial charge in [0.15, 0.2) is 0 Å². The molecule has 1 heterocycles. The van der Waals surface area contributed by atoms with Crippen LogP contribution in [0.4, 0.5) is 4.39 Å². The van der Waals surface area contributed by atoms with Gasteiger partial charge in [-0.3, -0.25) is 4.90 Å². The smallest absolute Gasteiger partial charge is 0.127 e. The van der Waals surface area contributed by atoms with Gasteiger partial charge in [0.1, 0.15) is 5.83 Å². The Morgan fingerprint density at radius 2 is 2.05 bits per heavy atom. The van der Waals surface area contributed by atoms with Crippen LogP contribution in [0.2, 0.25) is 0 Å². The Labute approximate surface area is 123 Å². The summed E-state index contributed by atoms with van der Waals surface area (Å²) in [7, 11) is 4.24.